The fraction of sp³-hybridized carbons (Fsp3) is 0.700. The van der Waals surface area contributed by atoms with E-state index in [1.54, 1.807) is 19.1 Å². The maximum absolute atomic E-state index is 11.3. The summed E-state index contributed by atoms with van der Waals surface area (Å²) in [7, 11) is -3.27. The van der Waals surface area contributed by atoms with Crippen LogP contribution in [0.3, 0.4) is 0 Å². The van der Waals surface area contributed by atoms with Crippen molar-refractivity contribution in [2.45, 2.75) is 19.8 Å². The Hall–Kier alpha value is -0.840. The van der Waals surface area contributed by atoms with Gasteiger partial charge in [0, 0.05) is 6.54 Å². The Morgan fingerprint density at radius 2 is 2.13 bits per heavy atom. The Balaban J connectivity index is 2.28. The van der Waals surface area contributed by atoms with Gasteiger partial charge in [-0.05, 0) is 25.7 Å². The molecule has 1 rings (SSSR count). The van der Waals surface area contributed by atoms with Crippen LogP contribution in [-0.2, 0) is 14.6 Å². The molecule has 0 aliphatic heterocycles. The van der Waals surface area contributed by atoms with Gasteiger partial charge in [-0.2, -0.15) is 0 Å². The molecule has 0 aromatic rings. The van der Waals surface area contributed by atoms with Crippen LogP contribution in [0.4, 0.5) is 0 Å². The van der Waals surface area contributed by atoms with Gasteiger partial charge in [0.25, 0.3) is 0 Å². The molecule has 0 aromatic heterocycles. The summed E-state index contributed by atoms with van der Waals surface area (Å²) in [6.07, 6.45) is 5.50. The predicted octanol–water partition coefficient (Wildman–Crippen LogP) is 0.503. The zero-order chi connectivity index (χ0) is 11.3. The Morgan fingerprint density at radius 3 is 2.67 bits per heavy atom. The fourth-order valence-electron chi connectivity index (χ4n) is 1.13. The van der Waals surface area contributed by atoms with E-state index in [9.17, 15) is 13.2 Å². The van der Waals surface area contributed by atoms with Crippen molar-refractivity contribution in [3.63, 3.8) is 0 Å². The highest BCUT2D eigenvalue weighted by atomic mass is 32.2. The van der Waals surface area contributed by atoms with E-state index in [0.717, 1.165) is 12.8 Å². The fourth-order valence-corrected chi connectivity index (χ4v) is 2.24. The Morgan fingerprint density at radius 1 is 1.47 bits per heavy atom. The molecular formula is C10H17NO3S. The van der Waals surface area contributed by atoms with Crippen LogP contribution in [0.2, 0.25) is 0 Å². The van der Waals surface area contributed by atoms with Gasteiger partial charge in [-0.3, -0.25) is 4.79 Å². The first-order valence-corrected chi connectivity index (χ1v) is 6.94. The number of carbonyl (C=O) groups is 1. The van der Waals surface area contributed by atoms with Gasteiger partial charge in [0.05, 0.1) is 5.75 Å². The molecule has 1 aliphatic carbocycles. The van der Waals surface area contributed by atoms with Gasteiger partial charge >= 0.3 is 0 Å². The van der Waals surface area contributed by atoms with Crippen LogP contribution >= 0.6 is 0 Å². The number of amides is 1. The normalized spacial score (nSPS) is 16.9. The molecular weight excluding hydrogens is 214 g/mol. The zero-order valence-electron chi connectivity index (χ0n) is 8.90. The standard InChI is InChI=1S/C10H17NO3S/c1-2-3-6-15(13,14)8-10(12)11-7-9-4-5-9/h2-3,9H,4-8H2,1H3,(H,11,12). The monoisotopic (exact) mass is 231 g/mol. The van der Waals surface area contributed by atoms with Crippen molar-refractivity contribution in [2.24, 2.45) is 5.92 Å². The zero-order valence-corrected chi connectivity index (χ0v) is 9.72. The lowest BCUT2D eigenvalue weighted by Gasteiger charge is -2.03. The lowest BCUT2D eigenvalue weighted by atomic mass is 10.4. The number of hydrogen-bond donors (Lipinski definition) is 1. The number of carbonyl (C=O) groups excluding carboxylic acids is 1. The second-order valence-electron chi connectivity index (χ2n) is 3.87. The molecule has 0 aromatic carbocycles. The maximum Gasteiger partial charge on any atom is 0.235 e. The summed E-state index contributed by atoms with van der Waals surface area (Å²) in [6.45, 7) is 2.38. The van der Waals surface area contributed by atoms with Crippen molar-refractivity contribution in [3.8, 4) is 0 Å². The third-order valence-corrected chi connectivity index (χ3v) is 3.62. The number of sulfone groups is 1. The van der Waals surface area contributed by atoms with E-state index in [1.165, 1.54) is 0 Å². The maximum atomic E-state index is 11.3. The highest BCUT2D eigenvalue weighted by Gasteiger charge is 2.22. The highest BCUT2D eigenvalue weighted by molar-refractivity contribution is 7.92. The SMILES string of the molecule is CC=CCS(=O)(=O)CC(=O)NCC1CC1. The average Bonchev–Trinajstić information content (AvgIpc) is 2.94. The van der Waals surface area contributed by atoms with Gasteiger partial charge in [0.2, 0.25) is 5.91 Å². The van der Waals surface area contributed by atoms with E-state index in [2.05, 4.69) is 5.32 Å². The molecule has 0 bridgehead atoms. The van der Waals surface area contributed by atoms with Crippen molar-refractivity contribution in [1.29, 1.82) is 0 Å². The Labute approximate surface area is 90.7 Å². The molecule has 1 N–H and O–H groups in total. The van der Waals surface area contributed by atoms with E-state index in [-0.39, 0.29) is 11.7 Å². The second-order valence-corrected chi connectivity index (χ2v) is 5.98. The van der Waals surface area contributed by atoms with Crippen LogP contribution in [0.5, 0.6) is 0 Å². The molecule has 0 spiro atoms. The lowest BCUT2D eigenvalue weighted by Crippen LogP contribution is -2.32. The third kappa shape index (κ3) is 5.57. The van der Waals surface area contributed by atoms with Crippen molar-refractivity contribution < 1.29 is 13.2 Å². The number of nitrogens with one attached hydrogen (secondary N) is 1. The third-order valence-electron chi connectivity index (χ3n) is 2.22. The van der Waals surface area contributed by atoms with Crippen molar-refractivity contribution in [3.05, 3.63) is 12.2 Å². The number of rotatable bonds is 6. The van der Waals surface area contributed by atoms with Gasteiger partial charge in [-0.1, -0.05) is 12.2 Å². The summed E-state index contributed by atoms with van der Waals surface area (Å²) in [5.74, 6) is -0.261. The molecule has 0 unspecified atom stereocenters. The smallest absolute Gasteiger partial charge is 0.235 e. The van der Waals surface area contributed by atoms with Gasteiger partial charge in [-0.25, -0.2) is 8.42 Å². The Kier molecular flexibility index (Phi) is 4.32. The second kappa shape index (κ2) is 5.30. The molecule has 1 aliphatic rings. The van der Waals surface area contributed by atoms with Gasteiger partial charge in [0.15, 0.2) is 9.84 Å². The minimum Gasteiger partial charge on any atom is -0.355 e. The molecule has 1 fully saturated rings. The molecule has 15 heavy (non-hydrogen) atoms. The minimum atomic E-state index is -3.27. The predicted molar refractivity (Wildman–Crippen MR) is 59.2 cm³/mol. The molecule has 1 amide bonds. The topological polar surface area (TPSA) is 63.2 Å². The molecule has 1 saturated carbocycles. The molecule has 0 saturated heterocycles. The van der Waals surface area contributed by atoms with Gasteiger partial charge < -0.3 is 5.32 Å². The molecule has 5 heteroatoms. The Bertz CT molecular complexity index is 342. The summed E-state index contributed by atoms with van der Waals surface area (Å²) in [5.41, 5.74) is 0. The van der Waals surface area contributed by atoms with E-state index < -0.39 is 15.6 Å². The van der Waals surface area contributed by atoms with E-state index in [0.29, 0.717) is 12.5 Å². The summed E-state index contributed by atoms with van der Waals surface area (Å²) in [5, 5.41) is 2.63. The van der Waals surface area contributed by atoms with Crippen LogP contribution in [0, 0.1) is 5.92 Å². The van der Waals surface area contributed by atoms with Gasteiger partial charge in [0.1, 0.15) is 5.75 Å². The first kappa shape index (κ1) is 12.2. The molecule has 86 valence electrons. The minimum absolute atomic E-state index is 0.0552. The van der Waals surface area contributed by atoms with Crippen molar-refractivity contribution in [1.82, 2.24) is 5.32 Å². The largest absolute Gasteiger partial charge is 0.355 e. The summed E-state index contributed by atoms with van der Waals surface area (Å²) in [6, 6.07) is 0. The van der Waals surface area contributed by atoms with Crippen LogP contribution in [0.25, 0.3) is 0 Å². The summed E-state index contributed by atoms with van der Waals surface area (Å²) in [4.78, 5) is 11.2. The first-order valence-electron chi connectivity index (χ1n) is 5.12. The van der Waals surface area contributed by atoms with Crippen molar-refractivity contribution in [2.75, 3.05) is 18.1 Å². The number of hydrogen-bond acceptors (Lipinski definition) is 3. The van der Waals surface area contributed by atoms with Crippen LogP contribution in [0.1, 0.15) is 19.8 Å². The molecule has 0 heterocycles. The average molecular weight is 231 g/mol. The van der Waals surface area contributed by atoms with Crippen LogP contribution < -0.4 is 5.32 Å². The lowest BCUT2D eigenvalue weighted by molar-refractivity contribution is -0.118. The molecule has 4 nitrogen and oxygen atoms in total. The van der Waals surface area contributed by atoms with E-state index >= 15 is 0 Å². The first-order chi connectivity index (χ1) is 7.03. The molecule has 0 radical (unpaired) electrons. The number of allylic oxidation sites excluding steroid dienone is 1. The van der Waals surface area contributed by atoms with E-state index in [1.807, 2.05) is 0 Å². The van der Waals surface area contributed by atoms with Crippen LogP contribution in [-0.4, -0.2) is 32.4 Å². The van der Waals surface area contributed by atoms with Crippen molar-refractivity contribution >= 4 is 15.7 Å². The quantitative estimate of drug-likeness (QED) is 0.677. The van der Waals surface area contributed by atoms with Gasteiger partial charge in [-0.15, -0.1) is 0 Å². The van der Waals surface area contributed by atoms with Crippen LogP contribution in [0.15, 0.2) is 12.2 Å². The highest BCUT2D eigenvalue weighted by Crippen LogP contribution is 2.27. The summed E-state index contributed by atoms with van der Waals surface area (Å²) >= 11 is 0. The van der Waals surface area contributed by atoms with E-state index in [4.69, 9.17) is 0 Å². The molecule has 0 atom stereocenters. The summed E-state index contributed by atoms with van der Waals surface area (Å²) < 4.78 is 22.7.